The Morgan fingerprint density at radius 1 is 1.40 bits per heavy atom. The highest BCUT2D eigenvalue weighted by molar-refractivity contribution is 5.09. The molecule has 82 valence electrons. The predicted octanol–water partition coefficient (Wildman–Crippen LogP) is 1.08. The average molecular weight is 206 g/mol. The summed E-state index contributed by atoms with van der Waals surface area (Å²) in [5.74, 6) is 0. The SMILES string of the molecule is OC1CCCN(CCc2ccncc2)C1. The standard InChI is InChI=1S/C12H18N2O/c15-12-2-1-8-14(10-12)9-5-11-3-6-13-7-4-11/h3-4,6-7,12,15H,1-2,5,8-10H2. The molecule has 3 nitrogen and oxygen atoms in total. The number of aromatic nitrogens is 1. The second kappa shape index (κ2) is 5.24. The second-order valence-corrected chi connectivity index (χ2v) is 4.20. The molecule has 0 bridgehead atoms. The van der Waals surface area contributed by atoms with Gasteiger partial charge in [0.05, 0.1) is 6.10 Å². The first-order valence-electron chi connectivity index (χ1n) is 5.64. The number of hydrogen-bond acceptors (Lipinski definition) is 3. The molecule has 1 fully saturated rings. The number of piperidine rings is 1. The highest BCUT2D eigenvalue weighted by Crippen LogP contribution is 2.10. The van der Waals surface area contributed by atoms with E-state index in [9.17, 15) is 5.11 Å². The van der Waals surface area contributed by atoms with Crippen molar-refractivity contribution in [1.29, 1.82) is 0 Å². The molecule has 0 saturated carbocycles. The van der Waals surface area contributed by atoms with Crippen LogP contribution in [0.4, 0.5) is 0 Å². The lowest BCUT2D eigenvalue weighted by Crippen LogP contribution is -2.39. The van der Waals surface area contributed by atoms with E-state index in [1.807, 2.05) is 12.4 Å². The van der Waals surface area contributed by atoms with E-state index >= 15 is 0 Å². The molecule has 3 heteroatoms. The Morgan fingerprint density at radius 2 is 2.20 bits per heavy atom. The van der Waals surface area contributed by atoms with Crippen molar-refractivity contribution in [1.82, 2.24) is 9.88 Å². The van der Waals surface area contributed by atoms with E-state index in [1.54, 1.807) is 0 Å². The summed E-state index contributed by atoms with van der Waals surface area (Å²) in [6.45, 7) is 3.01. The summed E-state index contributed by atoms with van der Waals surface area (Å²) in [4.78, 5) is 6.34. The summed E-state index contributed by atoms with van der Waals surface area (Å²) < 4.78 is 0. The normalized spacial score (nSPS) is 22.9. The van der Waals surface area contributed by atoms with E-state index in [4.69, 9.17) is 0 Å². The fourth-order valence-electron chi connectivity index (χ4n) is 2.07. The first-order chi connectivity index (χ1) is 7.34. The van der Waals surface area contributed by atoms with Crippen LogP contribution < -0.4 is 0 Å². The molecule has 1 aliphatic heterocycles. The van der Waals surface area contributed by atoms with E-state index in [0.29, 0.717) is 0 Å². The Kier molecular flexibility index (Phi) is 3.69. The highest BCUT2D eigenvalue weighted by atomic mass is 16.3. The molecule has 0 aromatic carbocycles. The van der Waals surface area contributed by atoms with Crippen LogP contribution in [0.2, 0.25) is 0 Å². The van der Waals surface area contributed by atoms with Crippen molar-refractivity contribution in [2.45, 2.75) is 25.4 Å². The lowest BCUT2D eigenvalue weighted by Gasteiger charge is -2.29. The van der Waals surface area contributed by atoms with Gasteiger partial charge in [0, 0.05) is 25.5 Å². The van der Waals surface area contributed by atoms with Crippen molar-refractivity contribution in [2.75, 3.05) is 19.6 Å². The smallest absolute Gasteiger partial charge is 0.0667 e. The van der Waals surface area contributed by atoms with E-state index in [2.05, 4.69) is 22.0 Å². The molecular formula is C12H18N2O. The zero-order valence-electron chi connectivity index (χ0n) is 8.97. The summed E-state index contributed by atoms with van der Waals surface area (Å²) in [7, 11) is 0. The fourth-order valence-corrected chi connectivity index (χ4v) is 2.07. The van der Waals surface area contributed by atoms with Gasteiger partial charge in [0.15, 0.2) is 0 Å². The van der Waals surface area contributed by atoms with Crippen molar-refractivity contribution in [3.05, 3.63) is 30.1 Å². The van der Waals surface area contributed by atoms with Crippen LogP contribution in [0.15, 0.2) is 24.5 Å². The average Bonchev–Trinajstić information content (AvgIpc) is 2.28. The van der Waals surface area contributed by atoms with Crippen LogP contribution in [0.1, 0.15) is 18.4 Å². The minimum absolute atomic E-state index is 0.115. The molecule has 0 aliphatic carbocycles. The zero-order valence-corrected chi connectivity index (χ0v) is 8.97. The van der Waals surface area contributed by atoms with E-state index in [0.717, 1.165) is 38.9 Å². The molecular weight excluding hydrogens is 188 g/mol. The number of aliphatic hydroxyl groups excluding tert-OH is 1. The van der Waals surface area contributed by atoms with Crippen LogP contribution in [-0.2, 0) is 6.42 Å². The Hall–Kier alpha value is -0.930. The number of nitrogens with zero attached hydrogens (tertiary/aromatic N) is 2. The Bertz CT molecular complexity index is 289. The third-order valence-electron chi connectivity index (χ3n) is 2.95. The fraction of sp³-hybridized carbons (Fsp3) is 0.583. The first kappa shape index (κ1) is 10.6. The third-order valence-corrected chi connectivity index (χ3v) is 2.95. The predicted molar refractivity (Wildman–Crippen MR) is 59.6 cm³/mol. The summed E-state index contributed by atoms with van der Waals surface area (Å²) in [6.07, 6.45) is 6.69. The van der Waals surface area contributed by atoms with Gasteiger partial charge in [-0.1, -0.05) is 0 Å². The number of rotatable bonds is 3. The molecule has 1 atom stereocenters. The Balaban J connectivity index is 1.78. The molecule has 0 radical (unpaired) electrons. The second-order valence-electron chi connectivity index (χ2n) is 4.20. The maximum absolute atomic E-state index is 9.53. The monoisotopic (exact) mass is 206 g/mol. The van der Waals surface area contributed by atoms with Gasteiger partial charge in [-0.05, 0) is 43.5 Å². The van der Waals surface area contributed by atoms with Crippen molar-refractivity contribution in [2.24, 2.45) is 0 Å². The van der Waals surface area contributed by atoms with Gasteiger partial charge in [-0.3, -0.25) is 4.98 Å². The number of likely N-dealkylation sites (tertiary alicyclic amines) is 1. The quantitative estimate of drug-likeness (QED) is 0.804. The van der Waals surface area contributed by atoms with Gasteiger partial charge < -0.3 is 10.0 Å². The Labute approximate surface area is 90.8 Å². The topological polar surface area (TPSA) is 36.4 Å². The number of aliphatic hydroxyl groups is 1. The van der Waals surface area contributed by atoms with Crippen molar-refractivity contribution in [3.63, 3.8) is 0 Å². The van der Waals surface area contributed by atoms with Crippen molar-refractivity contribution >= 4 is 0 Å². The molecule has 2 heterocycles. The van der Waals surface area contributed by atoms with Gasteiger partial charge >= 0.3 is 0 Å². The van der Waals surface area contributed by atoms with Gasteiger partial charge in [-0.15, -0.1) is 0 Å². The molecule has 15 heavy (non-hydrogen) atoms. The molecule has 1 unspecified atom stereocenters. The number of pyridine rings is 1. The molecule has 1 N–H and O–H groups in total. The minimum atomic E-state index is -0.115. The van der Waals surface area contributed by atoms with Gasteiger partial charge in [0.2, 0.25) is 0 Å². The van der Waals surface area contributed by atoms with Crippen molar-refractivity contribution in [3.8, 4) is 0 Å². The summed E-state index contributed by atoms with van der Waals surface area (Å²) >= 11 is 0. The van der Waals surface area contributed by atoms with Crippen molar-refractivity contribution < 1.29 is 5.11 Å². The van der Waals surface area contributed by atoms with Gasteiger partial charge in [0.25, 0.3) is 0 Å². The molecule has 1 aliphatic rings. The molecule has 1 saturated heterocycles. The third kappa shape index (κ3) is 3.29. The van der Waals surface area contributed by atoms with Crippen LogP contribution >= 0.6 is 0 Å². The van der Waals surface area contributed by atoms with Crippen LogP contribution in [0.25, 0.3) is 0 Å². The van der Waals surface area contributed by atoms with Gasteiger partial charge in [0.1, 0.15) is 0 Å². The van der Waals surface area contributed by atoms with Gasteiger partial charge in [-0.25, -0.2) is 0 Å². The first-order valence-corrected chi connectivity index (χ1v) is 5.64. The maximum atomic E-state index is 9.53. The summed E-state index contributed by atoms with van der Waals surface area (Å²) in [5.41, 5.74) is 1.32. The molecule has 2 rings (SSSR count). The number of β-amino-alcohol motifs (C(OH)–C–C–N with tert-alkyl or cyclic N) is 1. The lowest BCUT2D eigenvalue weighted by molar-refractivity contribution is 0.0714. The molecule has 1 aromatic heterocycles. The van der Waals surface area contributed by atoms with Crippen LogP contribution in [0.3, 0.4) is 0 Å². The molecule has 1 aromatic rings. The largest absolute Gasteiger partial charge is 0.392 e. The zero-order chi connectivity index (χ0) is 10.5. The van der Waals surface area contributed by atoms with E-state index in [-0.39, 0.29) is 6.10 Å². The maximum Gasteiger partial charge on any atom is 0.0667 e. The lowest BCUT2D eigenvalue weighted by atomic mass is 10.1. The van der Waals surface area contributed by atoms with Gasteiger partial charge in [-0.2, -0.15) is 0 Å². The van der Waals surface area contributed by atoms with E-state index in [1.165, 1.54) is 5.56 Å². The number of hydrogen-bond donors (Lipinski definition) is 1. The van der Waals surface area contributed by atoms with Crippen LogP contribution in [0.5, 0.6) is 0 Å². The van der Waals surface area contributed by atoms with E-state index < -0.39 is 0 Å². The minimum Gasteiger partial charge on any atom is -0.392 e. The molecule has 0 amide bonds. The molecule has 0 spiro atoms. The summed E-state index contributed by atoms with van der Waals surface area (Å²) in [5, 5.41) is 9.53. The van der Waals surface area contributed by atoms with Crippen LogP contribution in [-0.4, -0.2) is 40.7 Å². The Morgan fingerprint density at radius 3 is 2.93 bits per heavy atom. The summed E-state index contributed by atoms with van der Waals surface area (Å²) in [6, 6.07) is 4.11. The van der Waals surface area contributed by atoms with Crippen LogP contribution in [0, 0.1) is 0 Å². The highest BCUT2D eigenvalue weighted by Gasteiger charge is 2.16.